The second kappa shape index (κ2) is 4.38. The molecule has 0 radical (unpaired) electrons. The van der Waals surface area contributed by atoms with Gasteiger partial charge in [0.15, 0.2) is 0 Å². The molecule has 3 rings (SSSR count). The predicted octanol–water partition coefficient (Wildman–Crippen LogP) is 5.15. The molecule has 0 bridgehead atoms. The lowest BCUT2D eigenvalue weighted by atomic mass is 9.82. The molecular formula is C19H20. The molecule has 0 N–H and O–H groups in total. The van der Waals surface area contributed by atoms with Gasteiger partial charge in [0.25, 0.3) is 0 Å². The zero-order valence-electron chi connectivity index (χ0n) is 12.1. The quantitative estimate of drug-likeness (QED) is 0.644. The summed E-state index contributed by atoms with van der Waals surface area (Å²) in [6, 6.07) is 6.84. The third-order valence-corrected chi connectivity index (χ3v) is 3.85. The van der Waals surface area contributed by atoms with Crippen molar-refractivity contribution in [2.45, 2.75) is 27.7 Å². The van der Waals surface area contributed by atoms with E-state index in [1.54, 1.807) is 0 Å². The molecule has 0 aliphatic heterocycles. The smallest absolute Gasteiger partial charge is 0.0281 e. The molecule has 1 aromatic carbocycles. The van der Waals surface area contributed by atoms with E-state index < -0.39 is 0 Å². The van der Waals surface area contributed by atoms with Crippen LogP contribution in [-0.2, 0) is 0 Å². The Balaban J connectivity index is 2.13. The summed E-state index contributed by atoms with van der Waals surface area (Å²) in [5.74, 6) is 0.449. The van der Waals surface area contributed by atoms with E-state index in [0.29, 0.717) is 5.92 Å². The van der Waals surface area contributed by atoms with Crippen molar-refractivity contribution in [2.75, 3.05) is 0 Å². The molecule has 0 amide bonds. The topological polar surface area (TPSA) is 0 Å². The fourth-order valence-corrected chi connectivity index (χ4v) is 3.20. The van der Waals surface area contributed by atoms with E-state index >= 15 is 0 Å². The molecule has 1 atom stereocenters. The average Bonchev–Trinajstić information content (AvgIpc) is 2.66. The van der Waals surface area contributed by atoms with Crippen molar-refractivity contribution in [3.63, 3.8) is 0 Å². The Morgan fingerprint density at radius 2 is 1.42 bits per heavy atom. The van der Waals surface area contributed by atoms with Crippen LogP contribution in [0.3, 0.4) is 0 Å². The minimum absolute atomic E-state index is 0.449. The molecule has 0 nitrogen and oxygen atoms in total. The minimum atomic E-state index is 0.449. The molecule has 0 saturated carbocycles. The largest absolute Gasteiger partial charge is 0.0697 e. The number of rotatable bonds is 1. The van der Waals surface area contributed by atoms with Crippen LogP contribution in [0, 0.1) is 19.8 Å². The van der Waals surface area contributed by atoms with Crippen LogP contribution >= 0.6 is 0 Å². The van der Waals surface area contributed by atoms with Crippen LogP contribution in [0.4, 0.5) is 0 Å². The Kier molecular flexibility index (Phi) is 2.82. The predicted molar refractivity (Wildman–Crippen MR) is 83.0 cm³/mol. The van der Waals surface area contributed by atoms with Gasteiger partial charge in [-0.1, -0.05) is 64.8 Å². The van der Waals surface area contributed by atoms with Crippen molar-refractivity contribution < 1.29 is 0 Å². The standard InChI is InChI=1S/C19H20/c1-12-5-13(2)7-16(6-12)18-10-14(3)8-17-9-15(4)11-19(17)18/h5-11,19H,1-4H3. The molecule has 0 heterocycles. The van der Waals surface area contributed by atoms with Crippen LogP contribution in [0.15, 0.2) is 59.2 Å². The highest BCUT2D eigenvalue weighted by Gasteiger charge is 2.24. The maximum atomic E-state index is 2.38. The normalized spacial score (nSPS) is 21.4. The minimum Gasteiger partial charge on any atom is -0.0697 e. The maximum Gasteiger partial charge on any atom is 0.0281 e. The van der Waals surface area contributed by atoms with E-state index in [2.05, 4.69) is 70.2 Å². The number of hydrogen-bond acceptors (Lipinski definition) is 0. The van der Waals surface area contributed by atoms with Crippen LogP contribution in [0.2, 0.25) is 0 Å². The van der Waals surface area contributed by atoms with E-state index in [9.17, 15) is 0 Å². The molecule has 1 aromatic rings. The first kappa shape index (κ1) is 12.2. The third kappa shape index (κ3) is 2.23. The van der Waals surface area contributed by atoms with Gasteiger partial charge in [-0.05, 0) is 44.4 Å². The molecule has 19 heavy (non-hydrogen) atoms. The average molecular weight is 248 g/mol. The van der Waals surface area contributed by atoms with E-state index in [-0.39, 0.29) is 0 Å². The summed E-state index contributed by atoms with van der Waals surface area (Å²) in [6.07, 6.45) is 9.33. The zero-order valence-corrected chi connectivity index (χ0v) is 12.1. The summed E-state index contributed by atoms with van der Waals surface area (Å²) in [5, 5.41) is 0. The van der Waals surface area contributed by atoms with E-state index in [1.807, 2.05) is 0 Å². The van der Waals surface area contributed by atoms with Crippen LogP contribution < -0.4 is 0 Å². The second-order valence-corrected chi connectivity index (χ2v) is 5.90. The molecule has 2 aliphatic carbocycles. The second-order valence-electron chi connectivity index (χ2n) is 5.90. The summed E-state index contributed by atoms with van der Waals surface area (Å²) >= 11 is 0. The van der Waals surface area contributed by atoms with Crippen molar-refractivity contribution in [3.05, 3.63) is 75.9 Å². The first-order valence-corrected chi connectivity index (χ1v) is 6.91. The van der Waals surface area contributed by atoms with E-state index in [0.717, 1.165) is 0 Å². The van der Waals surface area contributed by atoms with Gasteiger partial charge in [-0.15, -0.1) is 0 Å². The van der Waals surface area contributed by atoms with Gasteiger partial charge in [0.05, 0.1) is 0 Å². The Morgan fingerprint density at radius 1 is 0.737 bits per heavy atom. The summed E-state index contributed by atoms with van der Waals surface area (Å²) in [5.41, 5.74) is 9.65. The highest BCUT2D eigenvalue weighted by Crippen LogP contribution is 2.41. The lowest BCUT2D eigenvalue weighted by Gasteiger charge is -2.22. The van der Waals surface area contributed by atoms with Gasteiger partial charge in [-0.25, -0.2) is 0 Å². The van der Waals surface area contributed by atoms with Crippen LogP contribution in [0.1, 0.15) is 30.5 Å². The lowest BCUT2D eigenvalue weighted by Crippen LogP contribution is -2.05. The van der Waals surface area contributed by atoms with Gasteiger partial charge >= 0.3 is 0 Å². The molecule has 2 aliphatic rings. The van der Waals surface area contributed by atoms with Gasteiger partial charge in [0, 0.05) is 5.92 Å². The number of allylic oxidation sites excluding steroid dienone is 8. The summed E-state index contributed by atoms with van der Waals surface area (Å²) < 4.78 is 0. The van der Waals surface area contributed by atoms with E-state index in [1.165, 1.54) is 39.0 Å². The highest BCUT2D eigenvalue weighted by molar-refractivity contribution is 5.79. The van der Waals surface area contributed by atoms with Crippen molar-refractivity contribution in [3.8, 4) is 0 Å². The third-order valence-electron chi connectivity index (χ3n) is 3.85. The Labute approximate surface area is 115 Å². The molecular weight excluding hydrogens is 228 g/mol. The van der Waals surface area contributed by atoms with Gasteiger partial charge in [-0.3, -0.25) is 0 Å². The molecule has 0 aromatic heterocycles. The van der Waals surface area contributed by atoms with Crippen LogP contribution in [0.5, 0.6) is 0 Å². The SMILES string of the molecule is CC1=CC2=CC(C)=CC2C(c2cc(C)cc(C)c2)=C1. The Bertz CT molecular complexity index is 643. The summed E-state index contributed by atoms with van der Waals surface area (Å²) in [7, 11) is 0. The van der Waals surface area contributed by atoms with Crippen molar-refractivity contribution in [2.24, 2.45) is 5.92 Å². The Morgan fingerprint density at radius 3 is 2.11 bits per heavy atom. The van der Waals surface area contributed by atoms with Gasteiger partial charge in [0.2, 0.25) is 0 Å². The zero-order chi connectivity index (χ0) is 13.6. The molecule has 1 unspecified atom stereocenters. The molecule has 0 heteroatoms. The van der Waals surface area contributed by atoms with Gasteiger partial charge < -0.3 is 0 Å². The fourth-order valence-electron chi connectivity index (χ4n) is 3.20. The maximum absolute atomic E-state index is 2.38. The molecule has 0 fully saturated rings. The van der Waals surface area contributed by atoms with Gasteiger partial charge in [-0.2, -0.15) is 0 Å². The lowest BCUT2D eigenvalue weighted by molar-refractivity contribution is 1.03. The monoisotopic (exact) mass is 248 g/mol. The highest BCUT2D eigenvalue weighted by atomic mass is 14.3. The fraction of sp³-hybridized carbons (Fsp3) is 0.263. The van der Waals surface area contributed by atoms with Crippen molar-refractivity contribution in [1.82, 2.24) is 0 Å². The van der Waals surface area contributed by atoms with Crippen LogP contribution in [0.25, 0.3) is 5.57 Å². The van der Waals surface area contributed by atoms with Crippen molar-refractivity contribution >= 4 is 5.57 Å². The first-order valence-electron chi connectivity index (χ1n) is 6.91. The van der Waals surface area contributed by atoms with E-state index in [4.69, 9.17) is 0 Å². The Hall–Kier alpha value is -1.82. The number of hydrogen-bond donors (Lipinski definition) is 0. The first-order chi connectivity index (χ1) is 9.02. The number of fused-ring (bicyclic) bond motifs is 1. The molecule has 0 saturated heterocycles. The van der Waals surface area contributed by atoms with Gasteiger partial charge in [0.1, 0.15) is 0 Å². The summed E-state index contributed by atoms with van der Waals surface area (Å²) in [6.45, 7) is 8.73. The molecule has 0 spiro atoms. The van der Waals surface area contributed by atoms with Crippen LogP contribution in [-0.4, -0.2) is 0 Å². The number of benzene rings is 1. The molecule has 96 valence electrons. The van der Waals surface area contributed by atoms with Crippen molar-refractivity contribution in [1.29, 1.82) is 0 Å². The summed E-state index contributed by atoms with van der Waals surface area (Å²) in [4.78, 5) is 0. The number of aryl methyl sites for hydroxylation is 2.